The number of rotatable bonds is 3. The first-order valence-electron chi connectivity index (χ1n) is 6.31. The average Bonchev–Trinajstić information content (AvgIpc) is 2.39. The van der Waals surface area contributed by atoms with Crippen molar-refractivity contribution in [3.8, 4) is 6.07 Å². The van der Waals surface area contributed by atoms with Gasteiger partial charge in [0.15, 0.2) is 0 Å². The van der Waals surface area contributed by atoms with Gasteiger partial charge in [-0.1, -0.05) is 6.42 Å². The van der Waals surface area contributed by atoms with Crippen LogP contribution in [0.4, 0.5) is 5.82 Å². The smallest absolute Gasteiger partial charge is 0.150 e. The lowest BCUT2D eigenvalue weighted by Crippen LogP contribution is -2.34. The third-order valence-corrected chi connectivity index (χ3v) is 5.14. The quantitative estimate of drug-likeness (QED) is 0.911. The summed E-state index contributed by atoms with van der Waals surface area (Å²) in [7, 11) is -2.99. The van der Waals surface area contributed by atoms with Crippen molar-refractivity contribution < 1.29 is 8.42 Å². The van der Waals surface area contributed by atoms with Crippen LogP contribution in [0.5, 0.6) is 0 Å². The van der Waals surface area contributed by atoms with Gasteiger partial charge in [-0.05, 0) is 31.4 Å². The molecule has 1 saturated carbocycles. The van der Waals surface area contributed by atoms with Crippen LogP contribution in [0.2, 0.25) is 0 Å². The number of hydrogen-bond acceptors (Lipinski definition) is 5. The summed E-state index contributed by atoms with van der Waals surface area (Å²) in [5, 5.41) is 11.9. The molecule has 6 heteroatoms. The third kappa shape index (κ3) is 3.44. The molecule has 1 aromatic rings. The molecule has 2 atom stereocenters. The molecule has 1 aromatic heterocycles. The van der Waals surface area contributed by atoms with E-state index in [2.05, 4.69) is 16.4 Å². The number of nitriles is 1. The Hall–Kier alpha value is -1.61. The highest BCUT2D eigenvalue weighted by Crippen LogP contribution is 2.26. The van der Waals surface area contributed by atoms with Gasteiger partial charge >= 0.3 is 0 Å². The standard InChI is InChI=1S/C13H17N3O2S/c1-19(17,18)12-6-2-5-11(8-12)16-13-10(9-14)4-3-7-15-13/h3-4,7,11-12H,2,5-6,8H2,1H3,(H,15,16). The summed E-state index contributed by atoms with van der Waals surface area (Å²) in [5.41, 5.74) is 0.490. The molecule has 0 saturated heterocycles. The maximum Gasteiger partial charge on any atom is 0.150 e. The van der Waals surface area contributed by atoms with Crippen LogP contribution >= 0.6 is 0 Å². The number of anilines is 1. The molecule has 5 nitrogen and oxygen atoms in total. The first-order valence-corrected chi connectivity index (χ1v) is 8.26. The van der Waals surface area contributed by atoms with Crippen molar-refractivity contribution in [3.05, 3.63) is 23.9 Å². The normalized spacial score (nSPS) is 23.6. The Morgan fingerprint density at radius 3 is 2.95 bits per heavy atom. The van der Waals surface area contributed by atoms with Crippen LogP contribution in [0.15, 0.2) is 18.3 Å². The van der Waals surface area contributed by atoms with E-state index in [9.17, 15) is 8.42 Å². The highest BCUT2D eigenvalue weighted by Gasteiger charge is 2.29. The number of sulfone groups is 1. The summed E-state index contributed by atoms with van der Waals surface area (Å²) in [4.78, 5) is 4.15. The zero-order valence-corrected chi connectivity index (χ0v) is 11.7. The number of hydrogen-bond donors (Lipinski definition) is 1. The Balaban J connectivity index is 2.09. The molecule has 2 rings (SSSR count). The Kier molecular flexibility index (Phi) is 4.05. The van der Waals surface area contributed by atoms with E-state index < -0.39 is 9.84 Å². The van der Waals surface area contributed by atoms with Crippen LogP contribution in [-0.4, -0.2) is 30.9 Å². The van der Waals surface area contributed by atoms with Gasteiger partial charge in [-0.2, -0.15) is 5.26 Å². The average molecular weight is 279 g/mol. The Morgan fingerprint density at radius 2 is 2.26 bits per heavy atom. The SMILES string of the molecule is CS(=O)(=O)C1CCCC(Nc2ncccc2C#N)C1. The Bertz CT molecular complexity index is 592. The largest absolute Gasteiger partial charge is 0.366 e. The second-order valence-electron chi connectivity index (χ2n) is 4.97. The fourth-order valence-corrected chi connectivity index (χ4v) is 3.65. The Morgan fingerprint density at radius 1 is 1.47 bits per heavy atom. The van der Waals surface area contributed by atoms with Gasteiger partial charge in [0.05, 0.1) is 10.8 Å². The van der Waals surface area contributed by atoms with E-state index in [1.807, 2.05) is 0 Å². The molecule has 1 heterocycles. The van der Waals surface area contributed by atoms with Gasteiger partial charge in [0.1, 0.15) is 21.7 Å². The molecule has 0 radical (unpaired) electrons. The third-order valence-electron chi connectivity index (χ3n) is 3.50. The van der Waals surface area contributed by atoms with E-state index >= 15 is 0 Å². The van der Waals surface area contributed by atoms with E-state index in [4.69, 9.17) is 5.26 Å². The first kappa shape index (κ1) is 13.8. The molecule has 0 bridgehead atoms. The van der Waals surface area contributed by atoms with E-state index in [1.54, 1.807) is 18.3 Å². The van der Waals surface area contributed by atoms with Crippen molar-refractivity contribution >= 4 is 15.7 Å². The summed E-state index contributed by atoms with van der Waals surface area (Å²) in [6.07, 6.45) is 6.02. The monoisotopic (exact) mass is 279 g/mol. The maximum atomic E-state index is 11.6. The molecule has 0 aliphatic heterocycles. The molecule has 0 spiro atoms. The van der Waals surface area contributed by atoms with Crippen LogP contribution in [0, 0.1) is 11.3 Å². The fourth-order valence-electron chi connectivity index (χ4n) is 2.47. The number of nitrogens with one attached hydrogen (secondary N) is 1. The first-order chi connectivity index (χ1) is 9.00. The van der Waals surface area contributed by atoms with Crippen LogP contribution in [-0.2, 0) is 9.84 Å². The van der Waals surface area contributed by atoms with E-state index in [0.29, 0.717) is 17.8 Å². The van der Waals surface area contributed by atoms with Crippen LogP contribution in [0.3, 0.4) is 0 Å². The van der Waals surface area contributed by atoms with Gasteiger partial charge in [0, 0.05) is 18.5 Å². The molecule has 19 heavy (non-hydrogen) atoms. The molecule has 2 unspecified atom stereocenters. The van der Waals surface area contributed by atoms with Crippen molar-refractivity contribution in [2.45, 2.75) is 37.0 Å². The minimum Gasteiger partial charge on any atom is -0.366 e. The Labute approximate surface area is 113 Å². The van der Waals surface area contributed by atoms with Gasteiger partial charge in [-0.25, -0.2) is 13.4 Å². The molecular weight excluding hydrogens is 262 g/mol. The minimum atomic E-state index is -2.99. The second-order valence-corrected chi connectivity index (χ2v) is 7.30. The molecule has 102 valence electrons. The van der Waals surface area contributed by atoms with Gasteiger partial charge in [0.25, 0.3) is 0 Å². The van der Waals surface area contributed by atoms with Crippen molar-refractivity contribution in [2.24, 2.45) is 0 Å². The van der Waals surface area contributed by atoms with Gasteiger partial charge in [-0.15, -0.1) is 0 Å². The molecule has 1 aliphatic rings. The van der Waals surface area contributed by atoms with Gasteiger partial charge in [0.2, 0.25) is 0 Å². The van der Waals surface area contributed by atoms with Crippen molar-refractivity contribution in [1.82, 2.24) is 4.98 Å². The van der Waals surface area contributed by atoms with E-state index in [-0.39, 0.29) is 11.3 Å². The van der Waals surface area contributed by atoms with Crippen molar-refractivity contribution in [3.63, 3.8) is 0 Å². The van der Waals surface area contributed by atoms with Crippen LogP contribution in [0.25, 0.3) is 0 Å². The molecule has 0 aromatic carbocycles. The molecule has 1 fully saturated rings. The summed E-state index contributed by atoms with van der Waals surface area (Å²) < 4.78 is 23.2. The van der Waals surface area contributed by atoms with Crippen molar-refractivity contribution in [1.29, 1.82) is 5.26 Å². The zero-order chi connectivity index (χ0) is 13.9. The maximum absolute atomic E-state index is 11.6. The van der Waals surface area contributed by atoms with E-state index in [1.165, 1.54) is 6.26 Å². The summed E-state index contributed by atoms with van der Waals surface area (Å²) in [6, 6.07) is 5.56. The predicted octanol–water partition coefficient (Wildman–Crippen LogP) is 1.72. The molecular formula is C13H17N3O2S. The lowest BCUT2D eigenvalue weighted by atomic mass is 9.95. The predicted molar refractivity (Wildman–Crippen MR) is 73.5 cm³/mol. The van der Waals surface area contributed by atoms with E-state index in [0.717, 1.165) is 19.3 Å². The second kappa shape index (κ2) is 5.57. The van der Waals surface area contributed by atoms with Gasteiger partial charge in [-0.3, -0.25) is 0 Å². The lowest BCUT2D eigenvalue weighted by molar-refractivity contribution is 0.452. The van der Waals surface area contributed by atoms with Crippen LogP contribution in [0.1, 0.15) is 31.2 Å². The van der Waals surface area contributed by atoms with Gasteiger partial charge < -0.3 is 5.32 Å². The summed E-state index contributed by atoms with van der Waals surface area (Å²) in [5.74, 6) is 0.546. The lowest BCUT2D eigenvalue weighted by Gasteiger charge is -2.29. The molecule has 1 aliphatic carbocycles. The number of pyridine rings is 1. The molecule has 0 amide bonds. The topological polar surface area (TPSA) is 82.8 Å². The summed E-state index contributed by atoms with van der Waals surface area (Å²) >= 11 is 0. The zero-order valence-electron chi connectivity index (χ0n) is 10.8. The highest BCUT2D eigenvalue weighted by molar-refractivity contribution is 7.91. The minimum absolute atomic E-state index is 0.0653. The number of nitrogens with zero attached hydrogens (tertiary/aromatic N) is 2. The molecule has 1 N–H and O–H groups in total. The number of aromatic nitrogens is 1. The fraction of sp³-hybridized carbons (Fsp3) is 0.538. The van der Waals surface area contributed by atoms with Crippen molar-refractivity contribution in [2.75, 3.05) is 11.6 Å². The summed E-state index contributed by atoms with van der Waals surface area (Å²) in [6.45, 7) is 0. The van der Waals surface area contributed by atoms with Crippen LogP contribution < -0.4 is 5.32 Å². The highest BCUT2D eigenvalue weighted by atomic mass is 32.2.